The first-order valence-corrected chi connectivity index (χ1v) is 13.4. The van der Waals surface area contributed by atoms with E-state index in [0.717, 1.165) is 61.2 Å². The minimum absolute atomic E-state index is 0.0540. The van der Waals surface area contributed by atoms with Crippen molar-refractivity contribution >= 4 is 20.8 Å². The fourth-order valence-electron chi connectivity index (χ4n) is 4.88. The van der Waals surface area contributed by atoms with Crippen molar-refractivity contribution < 1.29 is 17.9 Å². The summed E-state index contributed by atoms with van der Waals surface area (Å²) in [4.78, 5) is 2.65. The highest BCUT2D eigenvalue weighted by molar-refractivity contribution is 7.89. The number of nitrogens with one attached hydrogen (secondary N) is 1. The normalized spacial score (nSPS) is 18.5. The van der Waals surface area contributed by atoms with Crippen molar-refractivity contribution in [2.24, 2.45) is 0 Å². The number of sulfonamides is 1. The van der Waals surface area contributed by atoms with E-state index in [1.54, 1.807) is 12.1 Å². The molecule has 0 atom stereocenters. The Balaban J connectivity index is 1.11. The molecule has 0 aromatic heterocycles. The molecular formula is C27H32N2O4S. The second-order valence-electron chi connectivity index (χ2n) is 9.88. The lowest BCUT2D eigenvalue weighted by molar-refractivity contribution is 0.128. The monoisotopic (exact) mass is 480 g/mol. The van der Waals surface area contributed by atoms with Crippen molar-refractivity contribution in [3.63, 3.8) is 0 Å². The van der Waals surface area contributed by atoms with E-state index in [1.165, 1.54) is 5.56 Å². The van der Waals surface area contributed by atoms with E-state index in [-0.39, 0.29) is 11.6 Å². The van der Waals surface area contributed by atoms with Crippen LogP contribution in [0.5, 0.6) is 11.5 Å². The minimum Gasteiger partial charge on any atom is -0.488 e. The number of hydrogen-bond donors (Lipinski definition) is 1. The molecule has 2 aliphatic heterocycles. The molecular weight excluding hydrogens is 448 g/mol. The summed E-state index contributed by atoms with van der Waals surface area (Å²) in [5, 5.41) is 1.96. The van der Waals surface area contributed by atoms with Gasteiger partial charge in [-0.1, -0.05) is 42.5 Å². The van der Waals surface area contributed by atoms with Gasteiger partial charge in [-0.05, 0) is 68.8 Å². The molecule has 3 aromatic rings. The summed E-state index contributed by atoms with van der Waals surface area (Å²) >= 11 is 0. The molecule has 1 saturated heterocycles. The molecule has 34 heavy (non-hydrogen) atoms. The van der Waals surface area contributed by atoms with E-state index >= 15 is 0 Å². The van der Waals surface area contributed by atoms with Crippen LogP contribution in [0, 0.1) is 0 Å². The first-order chi connectivity index (χ1) is 16.3. The van der Waals surface area contributed by atoms with Crippen LogP contribution in [-0.2, 0) is 16.4 Å². The molecule has 2 aliphatic rings. The zero-order valence-electron chi connectivity index (χ0n) is 19.8. The summed E-state index contributed by atoms with van der Waals surface area (Å²) in [6.07, 6.45) is 2.46. The molecule has 2 heterocycles. The zero-order valence-corrected chi connectivity index (χ0v) is 20.6. The first kappa shape index (κ1) is 23.1. The molecule has 0 bridgehead atoms. The topological polar surface area (TPSA) is 67.9 Å². The van der Waals surface area contributed by atoms with Gasteiger partial charge in [0.15, 0.2) is 11.5 Å². The number of likely N-dealkylation sites (tertiary alicyclic amines) is 1. The standard InChI is InChI=1S/C27H32N2O4S/c1-27(2)19-22-8-5-9-25(26(22)33-27)32-17-16-29-14-12-23(13-15-29)28-34(30,31)24-11-10-20-6-3-4-7-21(20)18-24/h3-11,18,23,28H,12-17,19H2,1-2H3. The van der Waals surface area contributed by atoms with Gasteiger partial charge in [0, 0.05) is 24.6 Å². The number of rotatable bonds is 7. The summed E-state index contributed by atoms with van der Waals surface area (Å²) < 4.78 is 40.9. The van der Waals surface area contributed by atoms with Crippen molar-refractivity contribution in [1.82, 2.24) is 9.62 Å². The molecule has 3 aromatic carbocycles. The fraction of sp³-hybridized carbons (Fsp3) is 0.407. The van der Waals surface area contributed by atoms with E-state index in [9.17, 15) is 8.42 Å². The fourth-order valence-corrected chi connectivity index (χ4v) is 6.22. The highest BCUT2D eigenvalue weighted by Crippen LogP contribution is 2.41. The van der Waals surface area contributed by atoms with Gasteiger partial charge in [0.25, 0.3) is 0 Å². The third-order valence-electron chi connectivity index (χ3n) is 6.66. The van der Waals surface area contributed by atoms with Gasteiger partial charge >= 0.3 is 0 Å². The molecule has 0 amide bonds. The summed E-state index contributed by atoms with van der Waals surface area (Å²) in [6, 6.07) is 19.1. The molecule has 180 valence electrons. The lowest BCUT2D eigenvalue weighted by Gasteiger charge is -2.32. The van der Waals surface area contributed by atoms with Crippen LogP contribution in [0.25, 0.3) is 10.8 Å². The molecule has 1 N–H and O–H groups in total. The van der Waals surface area contributed by atoms with E-state index in [0.29, 0.717) is 11.5 Å². The van der Waals surface area contributed by atoms with Crippen LogP contribution in [0.15, 0.2) is 65.6 Å². The van der Waals surface area contributed by atoms with Crippen LogP contribution in [0.2, 0.25) is 0 Å². The Morgan fingerprint density at radius 3 is 2.59 bits per heavy atom. The Kier molecular flexibility index (Phi) is 6.27. The van der Waals surface area contributed by atoms with Crippen molar-refractivity contribution in [3.05, 3.63) is 66.2 Å². The Bertz CT molecular complexity index is 1280. The summed E-state index contributed by atoms with van der Waals surface area (Å²) in [7, 11) is -3.54. The number of para-hydroxylation sites is 1. The Morgan fingerprint density at radius 2 is 1.79 bits per heavy atom. The molecule has 5 rings (SSSR count). The Hall–Kier alpha value is -2.61. The van der Waals surface area contributed by atoms with Gasteiger partial charge in [0.1, 0.15) is 12.2 Å². The van der Waals surface area contributed by atoms with E-state index in [4.69, 9.17) is 9.47 Å². The van der Waals surface area contributed by atoms with Gasteiger partial charge in [-0.15, -0.1) is 0 Å². The number of benzene rings is 3. The molecule has 0 saturated carbocycles. The second-order valence-corrected chi connectivity index (χ2v) is 11.6. The number of piperidine rings is 1. The van der Waals surface area contributed by atoms with Crippen LogP contribution in [0.4, 0.5) is 0 Å². The Labute approximate surface area is 201 Å². The molecule has 7 heteroatoms. The molecule has 6 nitrogen and oxygen atoms in total. The summed E-state index contributed by atoms with van der Waals surface area (Å²) in [6.45, 7) is 7.24. The molecule has 0 unspecified atom stereocenters. The highest BCUT2D eigenvalue weighted by atomic mass is 32.2. The Morgan fingerprint density at radius 1 is 1.03 bits per heavy atom. The van der Waals surface area contributed by atoms with Crippen LogP contribution >= 0.6 is 0 Å². The van der Waals surface area contributed by atoms with Gasteiger partial charge in [0.2, 0.25) is 10.0 Å². The van der Waals surface area contributed by atoms with E-state index < -0.39 is 10.0 Å². The van der Waals surface area contributed by atoms with E-state index in [1.807, 2.05) is 42.5 Å². The van der Waals surface area contributed by atoms with Crippen molar-refractivity contribution in [2.45, 2.75) is 49.6 Å². The second kappa shape index (κ2) is 9.21. The number of fused-ring (bicyclic) bond motifs is 2. The minimum atomic E-state index is -3.54. The first-order valence-electron chi connectivity index (χ1n) is 12.0. The van der Waals surface area contributed by atoms with Crippen LogP contribution in [0.3, 0.4) is 0 Å². The lowest BCUT2D eigenvalue weighted by Crippen LogP contribution is -2.45. The van der Waals surface area contributed by atoms with Gasteiger partial charge in [-0.2, -0.15) is 0 Å². The maximum Gasteiger partial charge on any atom is 0.240 e. The maximum atomic E-state index is 12.9. The molecule has 0 aliphatic carbocycles. The number of hydrogen-bond acceptors (Lipinski definition) is 5. The predicted molar refractivity (Wildman–Crippen MR) is 134 cm³/mol. The van der Waals surface area contributed by atoms with Crippen LogP contribution < -0.4 is 14.2 Å². The molecule has 1 fully saturated rings. The lowest BCUT2D eigenvalue weighted by atomic mass is 10.0. The quantitative estimate of drug-likeness (QED) is 0.544. The third kappa shape index (κ3) is 5.06. The van der Waals surface area contributed by atoms with Crippen molar-refractivity contribution in [2.75, 3.05) is 26.2 Å². The van der Waals surface area contributed by atoms with Gasteiger partial charge in [-0.25, -0.2) is 13.1 Å². The summed E-state index contributed by atoms with van der Waals surface area (Å²) in [5.41, 5.74) is 1.01. The number of nitrogens with zero attached hydrogens (tertiary/aromatic N) is 1. The highest BCUT2D eigenvalue weighted by Gasteiger charge is 2.32. The van der Waals surface area contributed by atoms with Gasteiger partial charge in [0.05, 0.1) is 4.90 Å². The predicted octanol–water partition coefficient (Wildman–Crippen LogP) is 4.38. The SMILES string of the molecule is CC1(C)Cc2cccc(OCCN3CCC(NS(=O)(=O)c4ccc5ccccc5c4)CC3)c2O1. The maximum absolute atomic E-state index is 12.9. The average molecular weight is 481 g/mol. The van der Waals surface area contributed by atoms with E-state index in [2.05, 4.69) is 29.5 Å². The average Bonchev–Trinajstić information content (AvgIpc) is 3.14. The number of ether oxygens (including phenoxy) is 2. The van der Waals surface area contributed by atoms with Crippen molar-refractivity contribution in [1.29, 1.82) is 0 Å². The van der Waals surface area contributed by atoms with Gasteiger partial charge < -0.3 is 9.47 Å². The third-order valence-corrected chi connectivity index (χ3v) is 8.18. The molecule has 0 spiro atoms. The van der Waals surface area contributed by atoms with Crippen LogP contribution in [-0.4, -0.2) is 51.2 Å². The molecule has 0 radical (unpaired) electrons. The van der Waals surface area contributed by atoms with Crippen LogP contribution in [0.1, 0.15) is 32.3 Å². The largest absolute Gasteiger partial charge is 0.488 e. The van der Waals surface area contributed by atoms with Crippen molar-refractivity contribution in [3.8, 4) is 11.5 Å². The zero-order chi connectivity index (χ0) is 23.8. The summed E-state index contributed by atoms with van der Waals surface area (Å²) in [5.74, 6) is 1.68. The smallest absolute Gasteiger partial charge is 0.240 e. The van der Waals surface area contributed by atoms with Gasteiger partial charge in [-0.3, -0.25) is 4.90 Å².